The van der Waals surface area contributed by atoms with Crippen LogP contribution in [-0.2, 0) is 11.4 Å². The fourth-order valence-electron chi connectivity index (χ4n) is 2.66. The van der Waals surface area contributed by atoms with E-state index in [-0.39, 0.29) is 11.9 Å². The molecule has 3 rings (SSSR count). The number of hydrogen-bond donors (Lipinski definition) is 0. The second-order valence-corrected chi connectivity index (χ2v) is 7.53. The summed E-state index contributed by atoms with van der Waals surface area (Å²) in [5.74, 6) is 0.679. The molecule has 1 unspecified atom stereocenters. The Morgan fingerprint density at radius 1 is 1.32 bits per heavy atom. The Morgan fingerprint density at radius 3 is 2.89 bits per heavy atom. The highest BCUT2D eigenvalue weighted by molar-refractivity contribution is 7.09. The van der Waals surface area contributed by atoms with E-state index in [1.165, 1.54) is 0 Å². The van der Waals surface area contributed by atoms with E-state index in [1.54, 1.807) is 47.8 Å². The van der Waals surface area contributed by atoms with Gasteiger partial charge in [-0.2, -0.15) is 0 Å². The molecule has 0 aliphatic carbocycles. The van der Waals surface area contributed by atoms with Crippen molar-refractivity contribution < 1.29 is 9.53 Å². The van der Waals surface area contributed by atoms with Gasteiger partial charge in [-0.1, -0.05) is 18.2 Å². The van der Waals surface area contributed by atoms with Crippen LogP contribution in [0.2, 0.25) is 0 Å². The number of hydrogen-bond acceptors (Lipinski definition) is 5. The Hall–Kier alpha value is -2.99. The highest BCUT2D eigenvalue weighted by atomic mass is 32.1. The van der Waals surface area contributed by atoms with Gasteiger partial charge in [-0.25, -0.2) is 4.98 Å². The molecule has 28 heavy (non-hydrogen) atoms. The van der Waals surface area contributed by atoms with Gasteiger partial charge in [0, 0.05) is 30.9 Å². The molecule has 0 spiro atoms. The van der Waals surface area contributed by atoms with E-state index < -0.39 is 0 Å². The Balaban J connectivity index is 1.60. The summed E-state index contributed by atoms with van der Waals surface area (Å²) in [5, 5.41) is 3.02. The summed E-state index contributed by atoms with van der Waals surface area (Å²) >= 11 is 1.61. The zero-order chi connectivity index (χ0) is 19.9. The molecule has 0 saturated heterocycles. The summed E-state index contributed by atoms with van der Waals surface area (Å²) in [7, 11) is 1.79. The Morgan fingerprint density at radius 2 is 2.18 bits per heavy atom. The lowest BCUT2D eigenvalue weighted by Gasteiger charge is -2.23. The molecule has 0 aliphatic rings. The third-order valence-corrected chi connectivity index (χ3v) is 5.25. The van der Waals surface area contributed by atoms with Gasteiger partial charge in [-0.15, -0.1) is 11.3 Å². The number of carbonyl (C=O) groups excluding carboxylic acids is 1. The molecule has 144 valence electrons. The number of pyridine rings is 1. The monoisotopic (exact) mass is 393 g/mol. The minimum absolute atomic E-state index is 0.0536. The summed E-state index contributed by atoms with van der Waals surface area (Å²) in [4.78, 5) is 22.7. The summed E-state index contributed by atoms with van der Waals surface area (Å²) in [5.41, 5.74) is 2.83. The third kappa shape index (κ3) is 5.27. The van der Waals surface area contributed by atoms with Crippen molar-refractivity contribution in [1.82, 2.24) is 14.9 Å². The van der Waals surface area contributed by atoms with Crippen molar-refractivity contribution in [2.75, 3.05) is 7.05 Å². The topological polar surface area (TPSA) is 55.3 Å². The minimum atomic E-state index is -0.0689. The first-order valence-electron chi connectivity index (χ1n) is 9.01. The van der Waals surface area contributed by atoms with Crippen molar-refractivity contribution >= 4 is 23.3 Å². The fraction of sp³-hybridized carbons (Fsp3) is 0.227. The Labute approximate surface area is 169 Å². The van der Waals surface area contributed by atoms with Gasteiger partial charge in [-0.3, -0.25) is 9.78 Å². The smallest absolute Gasteiger partial charge is 0.246 e. The van der Waals surface area contributed by atoms with Gasteiger partial charge in [-0.05, 0) is 49.2 Å². The minimum Gasteiger partial charge on any atom is -0.487 e. The van der Waals surface area contributed by atoms with Gasteiger partial charge in [0.2, 0.25) is 5.91 Å². The molecule has 0 fully saturated rings. The quantitative estimate of drug-likeness (QED) is 0.548. The summed E-state index contributed by atoms with van der Waals surface area (Å²) in [6.45, 7) is 4.39. The normalized spacial score (nSPS) is 12.1. The van der Waals surface area contributed by atoms with Crippen LogP contribution in [0.5, 0.6) is 5.75 Å². The van der Waals surface area contributed by atoms with Crippen molar-refractivity contribution in [3.63, 3.8) is 0 Å². The van der Waals surface area contributed by atoms with Crippen LogP contribution in [-0.4, -0.2) is 27.8 Å². The molecule has 0 bridgehead atoms. The van der Waals surface area contributed by atoms with Crippen LogP contribution in [0.15, 0.2) is 60.2 Å². The summed E-state index contributed by atoms with van der Waals surface area (Å²) in [6, 6.07) is 11.4. The number of aryl methyl sites for hydroxylation is 1. The molecule has 0 N–H and O–H groups in total. The molecular weight excluding hydrogens is 370 g/mol. The van der Waals surface area contributed by atoms with Crippen LogP contribution < -0.4 is 4.74 Å². The lowest BCUT2D eigenvalue weighted by Crippen LogP contribution is -2.28. The number of ether oxygens (including phenoxy) is 1. The first-order chi connectivity index (χ1) is 13.5. The van der Waals surface area contributed by atoms with Crippen LogP contribution in [0.4, 0.5) is 0 Å². The zero-order valence-corrected chi connectivity index (χ0v) is 17.0. The maximum absolute atomic E-state index is 12.5. The molecular formula is C22H23N3O2S. The van der Waals surface area contributed by atoms with Crippen molar-refractivity contribution in [2.24, 2.45) is 0 Å². The number of amides is 1. The number of thiazole rings is 1. The molecule has 2 aromatic heterocycles. The van der Waals surface area contributed by atoms with E-state index in [9.17, 15) is 4.79 Å². The maximum Gasteiger partial charge on any atom is 0.246 e. The third-order valence-electron chi connectivity index (χ3n) is 4.43. The van der Waals surface area contributed by atoms with Crippen molar-refractivity contribution in [1.29, 1.82) is 0 Å². The predicted molar refractivity (Wildman–Crippen MR) is 112 cm³/mol. The highest BCUT2D eigenvalue weighted by Crippen LogP contribution is 2.19. The van der Waals surface area contributed by atoms with Crippen LogP contribution in [0.25, 0.3) is 6.08 Å². The van der Waals surface area contributed by atoms with Gasteiger partial charge >= 0.3 is 0 Å². The molecule has 0 aliphatic heterocycles. The second kappa shape index (κ2) is 9.28. The maximum atomic E-state index is 12.5. The number of carbonyl (C=O) groups is 1. The second-order valence-electron chi connectivity index (χ2n) is 6.46. The first kappa shape index (κ1) is 19.8. The molecule has 0 saturated carbocycles. The Kier molecular flexibility index (Phi) is 6.55. The van der Waals surface area contributed by atoms with E-state index in [4.69, 9.17) is 4.74 Å². The van der Waals surface area contributed by atoms with E-state index >= 15 is 0 Å². The fourth-order valence-corrected chi connectivity index (χ4v) is 3.26. The van der Waals surface area contributed by atoms with Crippen LogP contribution in [0, 0.1) is 6.92 Å². The van der Waals surface area contributed by atoms with Gasteiger partial charge in [0.1, 0.15) is 12.4 Å². The average molecular weight is 394 g/mol. The van der Waals surface area contributed by atoms with E-state index in [0.717, 1.165) is 27.6 Å². The summed E-state index contributed by atoms with van der Waals surface area (Å²) < 4.78 is 5.80. The van der Waals surface area contributed by atoms with Crippen molar-refractivity contribution in [3.8, 4) is 5.75 Å². The first-order valence-corrected chi connectivity index (χ1v) is 9.89. The van der Waals surface area contributed by atoms with Crippen molar-refractivity contribution in [2.45, 2.75) is 26.5 Å². The van der Waals surface area contributed by atoms with Gasteiger partial charge < -0.3 is 9.64 Å². The van der Waals surface area contributed by atoms with Crippen molar-refractivity contribution in [3.05, 3.63) is 82.1 Å². The molecule has 5 nitrogen and oxygen atoms in total. The van der Waals surface area contributed by atoms with Gasteiger partial charge in [0.15, 0.2) is 0 Å². The van der Waals surface area contributed by atoms with Gasteiger partial charge in [0.05, 0.1) is 16.7 Å². The number of likely N-dealkylation sites (N-methyl/N-ethyl adjacent to an activating group) is 1. The SMILES string of the molecule is Cc1nc(COc2cccc(/C=C/C(=O)N(C)C(C)c3cccnc3)c2)cs1. The molecule has 0 radical (unpaired) electrons. The van der Waals surface area contributed by atoms with E-state index in [0.29, 0.717) is 6.61 Å². The number of nitrogens with zero attached hydrogens (tertiary/aromatic N) is 3. The van der Waals surface area contributed by atoms with E-state index in [2.05, 4.69) is 9.97 Å². The molecule has 6 heteroatoms. The molecule has 1 aromatic carbocycles. The van der Waals surface area contributed by atoms with E-state index in [1.807, 2.05) is 55.6 Å². The lowest BCUT2D eigenvalue weighted by molar-refractivity contribution is -0.126. The Bertz CT molecular complexity index is 953. The van der Waals surface area contributed by atoms with Crippen LogP contribution >= 0.6 is 11.3 Å². The number of benzene rings is 1. The molecule has 1 amide bonds. The summed E-state index contributed by atoms with van der Waals surface area (Å²) in [6.07, 6.45) is 6.88. The number of rotatable bonds is 7. The standard InChI is InChI=1S/C22H23N3O2S/c1-16(19-7-5-11-23-13-19)25(3)22(26)10-9-18-6-4-8-21(12-18)27-14-20-15-28-17(2)24-20/h4-13,15-16H,14H2,1-3H3/b10-9+. The van der Waals surface area contributed by atoms with Crippen LogP contribution in [0.3, 0.4) is 0 Å². The predicted octanol–water partition coefficient (Wildman–Crippen LogP) is 4.66. The molecule has 2 heterocycles. The highest BCUT2D eigenvalue weighted by Gasteiger charge is 2.15. The largest absolute Gasteiger partial charge is 0.487 e. The molecule has 3 aromatic rings. The van der Waals surface area contributed by atoms with Gasteiger partial charge in [0.25, 0.3) is 0 Å². The van der Waals surface area contributed by atoms with Crippen LogP contribution in [0.1, 0.15) is 34.8 Å². The average Bonchev–Trinajstić information content (AvgIpc) is 3.15. The number of aromatic nitrogens is 2. The molecule has 1 atom stereocenters. The zero-order valence-electron chi connectivity index (χ0n) is 16.2. The lowest BCUT2D eigenvalue weighted by atomic mass is 10.1.